The number of aromatic nitrogens is 1. The molecule has 2 atom stereocenters. The van der Waals surface area contributed by atoms with Gasteiger partial charge in [-0.25, -0.2) is 13.6 Å². The summed E-state index contributed by atoms with van der Waals surface area (Å²) in [6.45, 7) is 0.315. The number of nitrogens with two attached hydrogens (primary N) is 2. The smallest absolute Gasteiger partial charge is 0.341 e. The lowest BCUT2D eigenvalue weighted by molar-refractivity contribution is 0.0695. The van der Waals surface area contributed by atoms with E-state index < -0.39 is 51.8 Å². The lowest BCUT2D eigenvalue weighted by atomic mass is 10.1. The SMILES string of the molecule is COC1CN(c2c(F)c(N)c3c(=O)c(C(=O)O)cn(C4CC4)c3c2F)CC1N. The van der Waals surface area contributed by atoms with Crippen LogP contribution in [0.1, 0.15) is 29.2 Å². The zero-order valence-corrected chi connectivity index (χ0v) is 15.1. The molecule has 2 unspecified atom stereocenters. The molecule has 5 N–H and O–H groups in total. The van der Waals surface area contributed by atoms with Crippen molar-refractivity contribution in [2.75, 3.05) is 30.8 Å². The highest BCUT2D eigenvalue weighted by atomic mass is 19.1. The Kier molecular flexibility index (Phi) is 4.27. The summed E-state index contributed by atoms with van der Waals surface area (Å²) in [6, 6.07) is -0.610. The molecule has 150 valence electrons. The molecular weight excluding hydrogens is 374 g/mol. The van der Waals surface area contributed by atoms with Crippen LogP contribution in [0.3, 0.4) is 0 Å². The first kappa shape index (κ1) is 18.6. The molecule has 2 fully saturated rings. The number of anilines is 2. The maximum Gasteiger partial charge on any atom is 0.341 e. The number of aromatic carboxylic acids is 1. The number of pyridine rings is 1. The summed E-state index contributed by atoms with van der Waals surface area (Å²) in [4.78, 5) is 25.5. The van der Waals surface area contributed by atoms with Crippen LogP contribution in [0.2, 0.25) is 0 Å². The molecular formula is C18H20F2N4O4. The van der Waals surface area contributed by atoms with Crippen LogP contribution in [-0.2, 0) is 4.74 Å². The van der Waals surface area contributed by atoms with Crippen molar-refractivity contribution in [3.63, 3.8) is 0 Å². The molecule has 28 heavy (non-hydrogen) atoms. The Morgan fingerprint density at radius 1 is 1.29 bits per heavy atom. The normalized spacial score (nSPS) is 22.2. The van der Waals surface area contributed by atoms with Gasteiger partial charge in [0.2, 0.25) is 5.43 Å². The van der Waals surface area contributed by atoms with E-state index in [1.54, 1.807) is 0 Å². The molecule has 0 bridgehead atoms. The predicted octanol–water partition coefficient (Wildman–Crippen LogP) is 1.06. The molecule has 1 saturated heterocycles. The lowest BCUT2D eigenvalue weighted by Crippen LogP contribution is -2.34. The van der Waals surface area contributed by atoms with Gasteiger partial charge >= 0.3 is 5.97 Å². The second-order valence-electron chi connectivity index (χ2n) is 7.27. The van der Waals surface area contributed by atoms with E-state index in [4.69, 9.17) is 16.2 Å². The zero-order chi connectivity index (χ0) is 20.3. The van der Waals surface area contributed by atoms with Crippen LogP contribution in [-0.4, -0.2) is 48.0 Å². The number of hydrogen-bond donors (Lipinski definition) is 3. The molecule has 8 nitrogen and oxygen atoms in total. The van der Waals surface area contributed by atoms with Crippen LogP contribution in [0.25, 0.3) is 10.9 Å². The van der Waals surface area contributed by atoms with Gasteiger partial charge in [-0.2, -0.15) is 0 Å². The average Bonchev–Trinajstić information content (AvgIpc) is 3.42. The molecule has 1 aliphatic carbocycles. The molecule has 0 radical (unpaired) electrons. The largest absolute Gasteiger partial charge is 0.477 e. The number of carboxylic acid groups (broad SMARTS) is 1. The summed E-state index contributed by atoms with van der Waals surface area (Å²) >= 11 is 0. The first-order valence-electron chi connectivity index (χ1n) is 8.88. The molecule has 1 aliphatic heterocycles. The Hall–Kier alpha value is -2.72. The number of nitrogen functional groups attached to an aromatic ring is 1. The highest BCUT2D eigenvalue weighted by Gasteiger charge is 2.37. The molecule has 1 aromatic heterocycles. The number of halogens is 2. The fraction of sp³-hybridized carbons (Fsp3) is 0.444. The standard InChI is InChI=1S/C18H20F2N4O4/c1-28-10-6-23(5-9(10)21)16-12(19)14(22)11-15(13(16)20)24(7-2-3-7)4-8(17(11)25)18(26)27/h4,7,9-10H,2-3,5-6,21-22H2,1H3,(H,26,27). The molecule has 2 heterocycles. The van der Waals surface area contributed by atoms with Crippen molar-refractivity contribution in [3.05, 3.63) is 33.6 Å². The van der Waals surface area contributed by atoms with Gasteiger partial charge in [0, 0.05) is 32.4 Å². The van der Waals surface area contributed by atoms with Gasteiger partial charge in [-0.1, -0.05) is 0 Å². The van der Waals surface area contributed by atoms with Gasteiger partial charge < -0.3 is 30.8 Å². The summed E-state index contributed by atoms with van der Waals surface area (Å²) in [7, 11) is 1.47. The van der Waals surface area contributed by atoms with E-state index in [0.29, 0.717) is 12.8 Å². The highest BCUT2D eigenvalue weighted by molar-refractivity contribution is 5.99. The molecule has 1 aromatic carbocycles. The van der Waals surface area contributed by atoms with Crippen molar-refractivity contribution in [3.8, 4) is 0 Å². The van der Waals surface area contributed by atoms with E-state index in [0.717, 1.165) is 6.20 Å². The third-order valence-electron chi connectivity index (χ3n) is 5.46. The van der Waals surface area contributed by atoms with Crippen LogP contribution in [0.4, 0.5) is 20.2 Å². The third kappa shape index (κ3) is 2.63. The lowest BCUT2D eigenvalue weighted by Gasteiger charge is -2.23. The summed E-state index contributed by atoms with van der Waals surface area (Å²) in [6.07, 6.45) is 2.10. The number of nitrogens with zero attached hydrogens (tertiary/aromatic N) is 2. The van der Waals surface area contributed by atoms with Crippen LogP contribution in [0.5, 0.6) is 0 Å². The fourth-order valence-electron chi connectivity index (χ4n) is 3.85. The van der Waals surface area contributed by atoms with E-state index in [1.165, 1.54) is 16.6 Å². The van der Waals surface area contributed by atoms with Crippen molar-refractivity contribution < 1.29 is 23.4 Å². The number of rotatable bonds is 4. The molecule has 0 spiro atoms. The van der Waals surface area contributed by atoms with Crippen molar-refractivity contribution in [2.24, 2.45) is 5.73 Å². The number of hydrogen-bond acceptors (Lipinski definition) is 6. The maximum atomic E-state index is 15.6. The second-order valence-corrected chi connectivity index (χ2v) is 7.27. The number of methoxy groups -OCH3 is 1. The number of carbonyl (C=O) groups is 1. The average molecular weight is 394 g/mol. The topological polar surface area (TPSA) is 124 Å². The van der Waals surface area contributed by atoms with Gasteiger partial charge in [-0.3, -0.25) is 4.79 Å². The molecule has 4 rings (SSSR count). The minimum absolute atomic E-state index is 0.151. The summed E-state index contributed by atoms with van der Waals surface area (Å²) in [5, 5.41) is 8.87. The van der Waals surface area contributed by atoms with Crippen LogP contribution in [0, 0.1) is 11.6 Å². The maximum absolute atomic E-state index is 15.6. The molecule has 2 aromatic rings. The van der Waals surface area contributed by atoms with Crippen LogP contribution in [0.15, 0.2) is 11.0 Å². The Labute approximate surface area is 158 Å². The quantitative estimate of drug-likeness (QED) is 0.663. The molecule has 10 heteroatoms. The van der Waals surface area contributed by atoms with E-state index in [-0.39, 0.29) is 30.3 Å². The minimum Gasteiger partial charge on any atom is -0.477 e. The first-order valence-corrected chi connectivity index (χ1v) is 8.88. The van der Waals surface area contributed by atoms with Crippen molar-refractivity contribution in [1.82, 2.24) is 4.57 Å². The van der Waals surface area contributed by atoms with Gasteiger partial charge in [0.15, 0.2) is 11.6 Å². The van der Waals surface area contributed by atoms with Gasteiger partial charge in [0.25, 0.3) is 0 Å². The number of benzene rings is 1. The predicted molar refractivity (Wildman–Crippen MR) is 98.8 cm³/mol. The highest BCUT2D eigenvalue weighted by Crippen LogP contribution is 2.42. The van der Waals surface area contributed by atoms with E-state index in [1.807, 2.05) is 0 Å². The van der Waals surface area contributed by atoms with Crippen molar-refractivity contribution in [2.45, 2.75) is 31.0 Å². The summed E-state index contributed by atoms with van der Waals surface area (Å²) in [5.41, 5.74) is 9.15. The van der Waals surface area contributed by atoms with Crippen molar-refractivity contribution in [1.29, 1.82) is 0 Å². The van der Waals surface area contributed by atoms with Crippen LogP contribution < -0.4 is 21.8 Å². The van der Waals surface area contributed by atoms with Crippen LogP contribution >= 0.6 is 0 Å². The zero-order valence-electron chi connectivity index (χ0n) is 15.1. The molecule has 2 aliphatic rings. The minimum atomic E-state index is -1.47. The van der Waals surface area contributed by atoms with E-state index in [2.05, 4.69) is 0 Å². The van der Waals surface area contributed by atoms with E-state index in [9.17, 15) is 14.7 Å². The third-order valence-corrected chi connectivity index (χ3v) is 5.46. The van der Waals surface area contributed by atoms with E-state index >= 15 is 8.78 Å². The Morgan fingerprint density at radius 3 is 2.50 bits per heavy atom. The Bertz CT molecular complexity index is 1050. The second kappa shape index (κ2) is 6.42. The van der Waals surface area contributed by atoms with Crippen molar-refractivity contribution >= 4 is 28.2 Å². The number of carboxylic acids is 1. The molecule has 1 saturated carbocycles. The monoisotopic (exact) mass is 394 g/mol. The fourth-order valence-corrected chi connectivity index (χ4v) is 3.85. The van der Waals surface area contributed by atoms with Gasteiger partial charge in [-0.15, -0.1) is 0 Å². The molecule has 0 amide bonds. The number of fused-ring (bicyclic) bond motifs is 1. The Morgan fingerprint density at radius 2 is 1.96 bits per heavy atom. The van der Waals surface area contributed by atoms with Gasteiger partial charge in [0.05, 0.1) is 28.7 Å². The number of ether oxygens (including phenoxy) is 1. The first-order chi connectivity index (χ1) is 13.3. The Balaban J connectivity index is 2.03. The summed E-state index contributed by atoms with van der Waals surface area (Å²) in [5.74, 6) is -3.53. The van der Waals surface area contributed by atoms with Gasteiger partial charge in [0.1, 0.15) is 11.3 Å². The van der Waals surface area contributed by atoms with Gasteiger partial charge in [-0.05, 0) is 12.8 Å². The summed E-state index contributed by atoms with van der Waals surface area (Å²) < 4.78 is 37.3.